The Morgan fingerprint density at radius 1 is 1.19 bits per heavy atom. The minimum absolute atomic E-state index is 0.302. The number of nitrogen functional groups attached to an aromatic ring is 1. The van der Waals surface area contributed by atoms with Gasteiger partial charge in [-0.15, -0.1) is 11.8 Å². The molecule has 0 aliphatic heterocycles. The third-order valence-electron chi connectivity index (χ3n) is 1.92. The van der Waals surface area contributed by atoms with E-state index in [-0.39, 0.29) is 0 Å². The van der Waals surface area contributed by atoms with Gasteiger partial charge in [0, 0.05) is 4.90 Å². The molecule has 1 aromatic carbocycles. The van der Waals surface area contributed by atoms with Crippen LogP contribution in [0.25, 0.3) is 0 Å². The number of benzene rings is 1. The van der Waals surface area contributed by atoms with Crippen molar-refractivity contribution >= 4 is 17.4 Å². The maximum atomic E-state index is 5.56. The summed E-state index contributed by atoms with van der Waals surface area (Å²) >= 11 is 1.61. The predicted molar refractivity (Wildman–Crippen MR) is 64.7 cm³/mol. The van der Waals surface area contributed by atoms with Crippen molar-refractivity contribution < 1.29 is 4.74 Å². The van der Waals surface area contributed by atoms with Crippen LogP contribution in [0.4, 0.5) is 5.69 Å². The van der Waals surface area contributed by atoms with E-state index in [1.54, 1.807) is 11.8 Å². The molecule has 0 unspecified atom stereocenters. The molecule has 0 spiro atoms. The zero-order chi connectivity index (χ0) is 11.4. The SMILES string of the molecule is CSc1ccccc1Oc1ncc(N)cn1. The van der Waals surface area contributed by atoms with Crippen molar-refractivity contribution in [1.82, 2.24) is 9.97 Å². The number of thioether (sulfide) groups is 1. The molecule has 2 aromatic rings. The van der Waals surface area contributed by atoms with Gasteiger partial charge in [-0.25, -0.2) is 9.97 Å². The summed E-state index contributed by atoms with van der Waals surface area (Å²) in [6.07, 6.45) is 5.03. The monoisotopic (exact) mass is 233 g/mol. The summed E-state index contributed by atoms with van der Waals surface area (Å²) in [5.41, 5.74) is 6.01. The van der Waals surface area contributed by atoms with Crippen LogP contribution in [0.1, 0.15) is 0 Å². The van der Waals surface area contributed by atoms with Gasteiger partial charge < -0.3 is 10.5 Å². The third kappa shape index (κ3) is 2.43. The molecule has 2 rings (SSSR count). The van der Waals surface area contributed by atoms with Crippen LogP contribution in [-0.2, 0) is 0 Å². The summed E-state index contributed by atoms with van der Waals surface area (Å²) in [6, 6.07) is 8.04. The Morgan fingerprint density at radius 2 is 1.88 bits per heavy atom. The zero-order valence-electron chi connectivity index (χ0n) is 8.75. The molecule has 5 heteroatoms. The van der Waals surface area contributed by atoms with Gasteiger partial charge in [0.1, 0.15) is 5.75 Å². The summed E-state index contributed by atoms with van der Waals surface area (Å²) < 4.78 is 5.56. The summed E-state index contributed by atoms with van der Waals surface area (Å²) in [4.78, 5) is 9.01. The number of anilines is 1. The lowest BCUT2D eigenvalue weighted by Crippen LogP contribution is -1.94. The summed E-state index contributed by atoms with van der Waals surface area (Å²) in [5, 5.41) is 0. The van der Waals surface area contributed by atoms with E-state index in [1.807, 2.05) is 30.5 Å². The van der Waals surface area contributed by atoms with E-state index in [0.29, 0.717) is 11.7 Å². The first-order valence-corrected chi connectivity index (χ1v) is 5.90. The largest absolute Gasteiger partial charge is 0.423 e. The first kappa shape index (κ1) is 10.8. The minimum atomic E-state index is 0.302. The van der Waals surface area contributed by atoms with Crippen LogP contribution in [0, 0.1) is 0 Å². The Hall–Kier alpha value is -1.75. The summed E-state index contributed by atoms with van der Waals surface area (Å²) in [5.74, 6) is 0.750. The highest BCUT2D eigenvalue weighted by Gasteiger charge is 2.04. The highest BCUT2D eigenvalue weighted by Crippen LogP contribution is 2.29. The molecule has 0 aliphatic carbocycles. The number of hydrogen-bond acceptors (Lipinski definition) is 5. The van der Waals surface area contributed by atoms with Gasteiger partial charge in [-0.1, -0.05) is 12.1 Å². The number of ether oxygens (including phenoxy) is 1. The van der Waals surface area contributed by atoms with Crippen molar-refractivity contribution in [2.24, 2.45) is 0 Å². The summed E-state index contributed by atoms with van der Waals surface area (Å²) in [7, 11) is 0. The zero-order valence-corrected chi connectivity index (χ0v) is 9.57. The van der Waals surface area contributed by atoms with Crippen molar-refractivity contribution in [1.29, 1.82) is 0 Å². The van der Waals surface area contributed by atoms with E-state index in [1.165, 1.54) is 12.4 Å². The molecule has 0 radical (unpaired) electrons. The highest BCUT2D eigenvalue weighted by molar-refractivity contribution is 7.98. The molecule has 0 saturated carbocycles. The number of aromatic nitrogens is 2. The van der Waals surface area contributed by atoms with E-state index in [2.05, 4.69) is 9.97 Å². The van der Waals surface area contributed by atoms with E-state index < -0.39 is 0 Å². The van der Waals surface area contributed by atoms with Gasteiger partial charge >= 0.3 is 6.01 Å². The lowest BCUT2D eigenvalue weighted by molar-refractivity contribution is 0.432. The standard InChI is InChI=1S/C11H11N3OS/c1-16-10-5-3-2-4-9(10)15-11-13-6-8(12)7-14-11/h2-7H,12H2,1H3. The van der Waals surface area contributed by atoms with Crippen molar-refractivity contribution in [2.75, 3.05) is 12.0 Å². The van der Waals surface area contributed by atoms with Crippen LogP contribution in [0.15, 0.2) is 41.6 Å². The fourth-order valence-corrected chi connectivity index (χ4v) is 1.71. The van der Waals surface area contributed by atoms with E-state index >= 15 is 0 Å². The van der Waals surface area contributed by atoms with Gasteiger partial charge in [0.2, 0.25) is 0 Å². The van der Waals surface area contributed by atoms with Crippen LogP contribution in [0.3, 0.4) is 0 Å². The molecular formula is C11H11N3OS. The fraction of sp³-hybridized carbons (Fsp3) is 0.0909. The number of nitrogens with zero attached hydrogens (tertiary/aromatic N) is 2. The first-order valence-electron chi connectivity index (χ1n) is 4.68. The Kier molecular flexibility index (Phi) is 3.26. The van der Waals surface area contributed by atoms with Crippen molar-refractivity contribution in [3.05, 3.63) is 36.7 Å². The Morgan fingerprint density at radius 3 is 2.56 bits per heavy atom. The molecule has 0 saturated heterocycles. The molecule has 82 valence electrons. The number of hydrogen-bond donors (Lipinski definition) is 1. The topological polar surface area (TPSA) is 61.0 Å². The average Bonchev–Trinajstić information content (AvgIpc) is 2.33. The van der Waals surface area contributed by atoms with E-state index in [9.17, 15) is 0 Å². The molecule has 0 aliphatic rings. The molecule has 16 heavy (non-hydrogen) atoms. The van der Waals surface area contributed by atoms with Crippen molar-refractivity contribution in [3.63, 3.8) is 0 Å². The average molecular weight is 233 g/mol. The van der Waals surface area contributed by atoms with Crippen LogP contribution < -0.4 is 10.5 Å². The van der Waals surface area contributed by atoms with Gasteiger partial charge in [-0.2, -0.15) is 0 Å². The molecule has 2 N–H and O–H groups in total. The van der Waals surface area contributed by atoms with Gasteiger partial charge in [-0.05, 0) is 18.4 Å². The van der Waals surface area contributed by atoms with Gasteiger partial charge in [-0.3, -0.25) is 0 Å². The van der Waals surface area contributed by atoms with Gasteiger partial charge in [0.25, 0.3) is 0 Å². The lowest BCUT2D eigenvalue weighted by Gasteiger charge is -2.07. The molecule has 0 bridgehead atoms. The van der Waals surface area contributed by atoms with Crippen LogP contribution in [-0.4, -0.2) is 16.2 Å². The van der Waals surface area contributed by atoms with Crippen LogP contribution >= 0.6 is 11.8 Å². The van der Waals surface area contributed by atoms with Crippen molar-refractivity contribution in [3.8, 4) is 11.8 Å². The smallest absolute Gasteiger partial charge is 0.322 e. The Labute approximate surface area is 97.9 Å². The second-order valence-corrected chi connectivity index (χ2v) is 3.90. The van der Waals surface area contributed by atoms with Gasteiger partial charge in [0.05, 0.1) is 18.1 Å². The highest BCUT2D eigenvalue weighted by atomic mass is 32.2. The molecule has 1 aromatic heterocycles. The number of nitrogens with two attached hydrogens (primary N) is 1. The minimum Gasteiger partial charge on any atom is -0.423 e. The second kappa shape index (κ2) is 4.85. The van der Waals surface area contributed by atoms with Crippen molar-refractivity contribution in [2.45, 2.75) is 4.90 Å². The molecule has 1 heterocycles. The number of rotatable bonds is 3. The first-order chi connectivity index (χ1) is 7.79. The fourth-order valence-electron chi connectivity index (χ4n) is 1.18. The van der Waals surface area contributed by atoms with Crippen LogP contribution in [0.5, 0.6) is 11.8 Å². The normalized spacial score (nSPS) is 10.1. The van der Waals surface area contributed by atoms with E-state index in [4.69, 9.17) is 10.5 Å². The third-order valence-corrected chi connectivity index (χ3v) is 2.70. The quantitative estimate of drug-likeness (QED) is 0.825. The maximum Gasteiger partial charge on any atom is 0.322 e. The Balaban J connectivity index is 2.23. The molecule has 4 nitrogen and oxygen atoms in total. The lowest BCUT2D eigenvalue weighted by atomic mass is 10.3. The predicted octanol–water partition coefficient (Wildman–Crippen LogP) is 2.57. The molecule has 0 amide bonds. The van der Waals surface area contributed by atoms with E-state index in [0.717, 1.165) is 10.6 Å². The Bertz CT molecular complexity index is 473. The second-order valence-electron chi connectivity index (χ2n) is 3.05. The molecule has 0 fully saturated rings. The molecular weight excluding hydrogens is 222 g/mol. The maximum absolute atomic E-state index is 5.56. The summed E-state index contributed by atoms with van der Waals surface area (Å²) in [6.45, 7) is 0. The number of para-hydroxylation sites is 1. The van der Waals surface area contributed by atoms with Gasteiger partial charge in [0.15, 0.2) is 0 Å². The van der Waals surface area contributed by atoms with Crippen LogP contribution in [0.2, 0.25) is 0 Å². The molecule has 0 atom stereocenters.